The van der Waals surface area contributed by atoms with E-state index in [1.807, 2.05) is 103 Å². The van der Waals surface area contributed by atoms with Crippen LogP contribution >= 0.6 is 0 Å². The van der Waals surface area contributed by atoms with Crippen molar-refractivity contribution in [3.05, 3.63) is 179 Å². The zero-order valence-electron chi connectivity index (χ0n) is 36.6. The van der Waals surface area contributed by atoms with E-state index in [0.29, 0.717) is 5.56 Å². The van der Waals surface area contributed by atoms with Crippen LogP contribution < -0.4 is 5.32 Å². The number of rotatable bonds is 21. The topological polar surface area (TPSA) is 190 Å². The molecule has 11 atom stereocenters. The molecule has 0 spiro atoms. The predicted octanol–water partition coefficient (Wildman–Crippen LogP) is 5.02. The van der Waals surface area contributed by atoms with E-state index in [4.69, 9.17) is 42.6 Å². The number of ether oxygens (including phenoxy) is 9. The van der Waals surface area contributed by atoms with Crippen molar-refractivity contribution in [2.75, 3.05) is 20.3 Å². The molecule has 15 nitrogen and oxygen atoms in total. The predicted molar refractivity (Wildman–Crippen MR) is 238 cm³/mol. The molecule has 5 aromatic carbocycles. The molecule has 0 aliphatic carbocycles. The zero-order chi connectivity index (χ0) is 46.1. The molecule has 350 valence electrons. The summed E-state index contributed by atoms with van der Waals surface area (Å²) in [4.78, 5) is 26.8. The lowest BCUT2D eigenvalue weighted by molar-refractivity contribution is -0.342. The first kappa shape index (κ1) is 48.4. The lowest BCUT2D eigenvalue weighted by atomic mass is 9.97. The molecule has 0 bridgehead atoms. The third kappa shape index (κ3) is 13.5. The first-order chi connectivity index (χ1) is 32.3. The molecule has 15 heteroatoms. The minimum absolute atomic E-state index is 0.00738. The second kappa shape index (κ2) is 24.8. The van der Waals surface area contributed by atoms with Gasteiger partial charge in [0.2, 0.25) is 0 Å². The Morgan fingerprint density at radius 3 is 1.50 bits per heavy atom. The van der Waals surface area contributed by atoms with Crippen LogP contribution in [0.2, 0.25) is 0 Å². The van der Waals surface area contributed by atoms with E-state index in [0.717, 1.165) is 22.3 Å². The van der Waals surface area contributed by atoms with Crippen LogP contribution in [0.15, 0.2) is 152 Å². The number of methoxy groups -OCH3 is 1. The lowest BCUT2D eigenvalue weighted by Gasteiger charge is -2.46. The fourth-order valence-corrected chi connectivity index (χ4v) is 7.76. The molecule has 2 heterocycles. The van der Waals surface area contributed by atoms with E-state index >= 15 is 0 Å². The van der Waals surface area contributed by atoms with Crippen LogP contribution in [0.25, 0.3) is 0 Å². The van der Waals surface area contributed by atoms with Gasteiger partial charge in [-0.1, -0.05) is 152 Å². The van der Waals surface area contributed by atoms with Crippen molar-refractivity contribution in [1.82, 2.24) is 5.32 Å². The van der Waals surface area contributed by atoms with Crippen LogP contribution in [0.3, 0.4) is 0 Å². The Hall–Kier alpha value is -5.56. The van der Waals surface area contributed by atoms with Crippen LogP contribution in [0.5, 0.6) is 0 Å². The van der Waals surface area contributed by atoms with Gasteiger partial charge in [0.25, 0.3) is 0 Å². The molecule has 5 aromatic rings. The number of aliphatic hydroxyl groups is 3. The summed E-state index contributed by atoms with van der Waals surface area (Å²) in [7, 11) is 1.49. The highest BCUT2D eigenvalue weighted by Gasteiger charge is 2.51. The van der Waals surface area contributed by atoms with E-state index in [-0.39, 0.29) is 39.5 Å². The Balaban J connectivity index is 1.06. The van der Waals surface area contributed by atoms with Gasteiger partial charge in [-0.3, -0.25) is 0 Å². The number of carbonyl (C=O) groups is 2. The fraction of sp³-hybridized carbons (Fsp3) is 0.373. The number of hydrogen-bond acceptors (Lipinski definition) is 14. The second-order valence-electron chi connectivity index (χ2n) is 16.0. The van der Waals surface area contributed by atoms with Crippen LogP contribution in [0.4, 0.5) is 4.79 Å². The first-order valence-corrected chi connectivity index (χ1v) is 21.9. The van der Waals surface area contributed by atoms with Gasteiger partial charge in [0.15, 0.2) is 18.7 Å². The Labute approximate surface area is 384 Å². The number of benzene rings is 5. The quantitative estimate of drug-likeness (QED) is 0.0719. The summed E-state index contributed by atoms with van der Waals surface area (Å²) in [5.74, 6) is -0.960. The average Bonchev–Trinajstić information content (AvgIpc) is 3.36. The standard InChI is InChI=1S/C51H57NO14/c1-58-50-47(61-31-37-23-13-5-14-24-37)46(60-30-36-21-11-4-12-22-36)45(59-29-35-19-9-3-10-20-35)41(65-50)33-62-49-43(55)42(54)44(40(28-53)64-49)66-48(56)39(27-34-17-7-2-8-18-34)52-51(57)63-32-38-25-15-6-16-26-38/h2-26,39-47,49-50,53-55H,27-33H2,1H3,(H,52,57)/t39-,40+,41+,42+,43+,44+,45+,46-,47+,49+,50-/m0/s1. The molecule has 7 rings (SSSR count). The number of carbonyl (C=O) groups excluding carboxylic acids is 2. The van der Waals surface area contributed by atoms with Gasteiger partial charge in [0.05, 0.1) is 33.0 Å². The molecule has 2 aliphatic heterocycles. The Bertz CT molecular complexity index is 2170. The van der Waals surface area contributed by atoms with Gasteiger partial charge in [-0.05, 0) is 27.8 Å². The molecule has 0 unspecified atom stereocenters. The molecule has 2 saturated heterocycles. The van der Waals surface area contributed by atoms with Crippen molar-refractivity contribution in [3.8, 4) is 0 Å². The van der Waals surface area contributed by atoms with Crippen molar-refractivity contribution >= 4 is 12.1 Å². The highest BCUT2D eigenvalue weighted by molar-refractivity contribution is 5.82. The number of hydrogen-bond donors (Lipinski definition) is 4. The summed E-state index contributed by atoms with van der Waals surface area (Å²) in [5, 5.41) is 36.0. The largest absolute Gasteiger partial charge is 0.455 e. The van der Waals surface area contributed by atoms with Crippen LogP contribution in [-0.4, -0.2) is 115 Å². The Kier molecular flexibility index (Phi) is 18.2. The number of amides is 1. The molecule has 2 fully saturated rings. The van der Waals surface area contributed by atoms with E-state index in [2.05, 4.69) is 5.32 Å². The Morgan fingerprint density at radius 1 is 0.545 bits per heavy atom. The van der Waals surface area contributed by atoms with Gasteiger partial charge >= 0.3 is 12.1 Å². The summed E-state index contributed by atoms with van der Waals surface area (Å²) in [6, 6.07) is 45.6. The molecule has 4 N–H and O–H groups in total. The van der Waals surface area contributed by atoms with Crippen molar-refractivity contribution in [1.29, 1.82) is 0 Å². The number of alkyl carbamates (subject to hydrolysis) is 1. The maximum absolute atomic E-state index is 13.8. The molecular formula is C51H57NO14. The van der Waals surface area contributed by atoms with E-state index in [1.54, 1.807) is 48.5 Å². The number of nitrogens with one attached hydrogen (secondary N) is 1. The van der Waals surface area contributed by atoms with Gasteiger partial charge in [-0.15, -0.1) is 0 Å². The number of esters is 1. The number of aliphatic hydroxyl groups excluding tert-OH is 3. The molecule has 0 radical (unpaired) electrons. The zero-order valence-corrected chi connectivity index (χ0v) is 36.6. The monoisotopic (exact) mass is 907 g/mol. The second-order valence-corrected chi connectivity index (χ2v) is 16.0. The first-order valence-electron chi connectivity index (χ1n) is 21.9. The Morgan fingerprint density at radius 2 is 1.00 bits per heavy atom. The molecule has 0 aromatic heterocycles. The van der Waals surface area contributed by atoms with Crippen molar-refractivity contribution in [3.63, 3.8) is 0 Å². The van der Waals surface area contributed by atoms with Crippen molar-refractivity contribution in [2.24, 2.45) is 0 Å². The van der Waals surface area contributed by atoms with Gasteiger partial charge in [-0.2, -0.15) is 0 Å². The summed E-state index contributed by atoms with van der Waals surface area (Å²) in [6.45, 7) is -0.453. The molecular weight excluding hydrogens is 851 g/mol. The summed E-state index contributed by atoms with van der Waals surface area (Å²) in [6.07, 6.45) is -13.2. The van der Waals surface area contributed by atoms with Crippen LogP contribution in [0, 0.1) is 0 Å². The van der Waals surface area contributed by atoms with Gasteiger partial charge in [0.1, 0.15) is 55.4 Å². The summed E-state index contributed by atoms with van der Waals surface area (Å²) in [5.41, 5.74) is 4.17. The third-order valence-electron chi connectivity index (χ3n) is 11.2. The van der Waals surface area contributed by atoms with Crippen molar-refractivity contribution < 1.29 is 67.5 Å². The van der Waals surface area contributed by atoms with Crippen LogP contribution in [0.1, 0.15) is 27.8 Å². The van der Waals surface area contributed by atoms with E-state index in [1.165, 1.54) is 7.11 Å². The molecule has 0 saturated carbocycles. The van der Waals surface area contributed by atoms with Gasteiger partial charge in [0, 0.05) is 13.5 Å². The molecule has 2 aliphatic rings. The maximum atomic E-state index is 13.8. The summed E-state index contributed by atoms with van der Waals surface area (Å²) >= 11 is 0. The minimum atomic E-state index is -1.80. The average molecular weight is 908 g/mol. The highest BCUT2D eigenvalue weighted by Crippen LogP contribution is 2.33. The summed E-state index contributed by atoms with van der Waals surface area (Å²) < 4.78 is 55.4. The fourth-order valence-electron chi connectivity index (χ4n) is 7.76. The van der Waals surface area contributed by atoms with Gasteiger partial charge in [-0.25, -0.2) is 9.59 Å². The van der Waals surface area contributed by atoms with E-state index in [9.17, 15) is 24.9 Å². The normalized spacial score (nSPS) is 25.6. The molecule has 66 heavy (non-hydrogen) atoms. The van der Waals surface area contributed by atoms with Crippen molar-refractivity contribution in [2.45, 2.75) is 100 Å². The SMILES string of the molecule is CO[C@H]1O[C@H](CO[C@@H]2O[C@H](CO)[C@@H](OC(=O)[C@H](Cc3ccccc3)NC(=O)OCc3ccccc3)[C@H](O)[C@H]2O)[C@@H](OCc2ccccc2)[C@H](OCc2ccccc2)[C@H]1OCc1ccccc1. The minimum Gasteiger partial charge on any atom is -0.455 e. The van der Waals surface area contributed by atoms with E-state index < -0.39 is 86.1 Å². The third-order valence-corrected chi connectivity index (χ3v) is 11.2. The smallest absolute Gasteiger partial charge is 0.408 e. The highest BCUT2D eigenvalue weighted by atomic mass is 16.7. The lowest BCUT2D eigenvalue weighted by Crippen LogP contribution is -2.63. The van der Waals surface area contributed by atoms with Crippen LogP contribution in [-0.2, 0) is 80.3 Å². The molecule has 1 amide bonds. The van der Waals surface area contributed by atoms with Gasteiger partial charge < -0.3 is 63.3 Å². The maximum Gasteiger partial charge on any atom is 0.408 e.